The monoisotopic (exact) mass is 363 g/mol. The van der Waals surface area contributed by atoms with Crippen LogP contribution in [0.15, 0.2) is 23.2 Å². The first-order valence-electron chi connectivity index (χ1n) is 4.64. The van der Waals surface area contributed by atoms with Crippen molar-refractivity contribution in [2.24, 2.45) is 4.99 Å². The Kier molecular flexibility index (Phi) is 4.47. The molecule has 0 N–H and O–H groups in total. The van der Waals surface area contributed by atoms with E-state index in [0.717, 1.165) is 26.7 Å². The molecule has 19 heavy (non-hydrogen) atoms. The van der Waals surface area contributed by atoms with E-state index in [-0.39, 0.29) is 20.4 Å². The molecule has 0 unspecified atom stereocenters. The number of hydrogen-bond donors (Lipinski definition) is 0. The average Bonchev–Trinajstić information content (AvgIpc) is 2.62. The van der Waals surface area contributed by atoms with Crippen LogP contribution in [0.1, 0.15) is 5.56 Å². The first-order valence-corrected chi connectivity index (χ1v) is 7.93. The van der Waals surface area contributed by atoms with E-state index >= 15 is 0 Å². The van der Waals surface area contributed by atoms with E-state index in [4.69, 9.17) is 34.8 Å². The topological polar surface area (TPSA) is 12.4 Å². The van der Waals surface area contributed by atoms with Crippen molar-refractivity contribution in [2.45, 2.75) is 6.18 Å². The second-order valence-corrected chi connectivity index (χ2v) is 6.88. The molecule has 0 saturated carbocycles. The molecule has 0 atom stereocenters. The molecule has 0 saturated heterocycles. The van der Waals surface area contributed by atoms with Crippen LogP contribution in [-0.4, -0.2) is 0 Å². The Hall–Kier alpha value is -0.270. The molecule has 2 aromatic rings. The number of hydrogen-bond acceptors (Lipinski definition) is 3. The van der Waals surface area contributed by atoms with Gasteiger partial charge in [0.2, 0.25) is 0 Å². The summed E-state index contributed by atoms with van der Waals surface area (Å²) in [6, 6.07) is 3.36. The van der Waals surface area contributed by atoms with Crippen molar-refractivity contribution in [3.8, 4) is 0 Å². The minimum Gasteiger partial charge on any atom is -0.235 e. The fraction of sp³-hybridized carbons (Fsp3) is 0.100. The van der Waals surface area contributed by atoms with Crippen LogP contribution in [0.4, 0.5) is 18.9 Å². The van der Waals surface area contributed by atoms with Crippen molar-refractivity contribution < 1.29 is 13.2 Å². The normalized spacial score (nSPS) is 13.1. The summed E-state index contributed by atoms with van der Waals surface area (Å²) in [5.41, 5.74) is -1.16. The van der Waals surface area contributed by atoms with Gasteiger partial charge in [-0.1, -0.05) is 55.5 Å². The van der Waals surface area contributed by atoms with Gasteiger partial charge in [0, 0.05) is 5.02 Å². The van der Waals surface area contributed by atoms with Gasteiger partial charge >= 0.3 is 6.18 Å². The molecule has 0 aliphatic carbocycles. The van der Waals surface area contributed by atoms with Crippen LogP contribution in [-0.2, 0) is 6.18 Å². The zero-order valence-corrected chi connectivity index (χ0v) is 12.7. The minimum atomic E-state index is -4.54. The smallest absolute Gasteiger partial charge is 0.235 e. The Bertz CT molecular complexity index is 675. The van der Waals surface area contributed by atoms with Gasteiger partial charge in [0.05, 0.1) is 11.3 Å². The molecular weight excluding hydrogens is 362 g/mol. The largest absolute Gasteiger partial charge is 0.418 e. The lowest BCUT2D eigenvalue weighted by Crippen LogP contribution is -2.06. The van der Waals surface area contributed by atoms with Crippen molar-refractivity contribution >= 4 is 61.2 Å². The van der Waals surface area contributed by atoms with E-state index in [2.05, 4.69) is 4.99 Å². The van der Waals surface area contributed by atoms with Gasteiger partial charge < -0.3 is 0 Å². The van der Waals surface area contributed by atoms with Crippen LogP contribution >= 0.6 is 55.5 Å². The summed E-state index contributed by atoms with van der Waals surface area (Å²) >= 11 is 17.2. The maximum absolute atomic E-state index is 12.9. The van der Waals surface area contributed by atoms with E-state index < -0.39 is 11.7 Å². The van der Waals surface area contributed by atoms with Crippen LogP contribution < -0.4 is 4.67 Å². The van der Waals surface area contributed by atoms with Crippen molar-refractivity contribution in [3.05, 3.63) is 42.8 Å². The van der Waals surface area contributed by atoms with Gasteiger partial charge in [-0.05, 0) is 18.2 Å². The van der Waals surface area contributed by atoms with E-state index in [1.54, 1.807) is 0 Å². The highest BCUT2D eigenvalue weighted by Crippen LogP contribution is 2.38. The molecule has 0 spiro atoms. The van der Waals surface area contributed by atoms with Crippen molar-refractivity contribution in [1.82, 2.24) is 0 Å². The van der Waals surface area contributed by atoms with Crippen molar-refractivity contribution in [1.29, 1.82) is 0 Å². The second-order valence-electron chi connectivity index (χ2n) is 3.33. The lowest BCUT2D eigenvalue weighted by atomic mass is 10.2. The van der Waals surface area contributed by atoms with Gasteiger partial charge in [-0.3, -0.25) is 0 Å². The molecular formula is C10H3Cl3F3NS2. The van der Waals surface area contributed by atoms with Gasteiger partial charge in [-0.2, -0.15) is 13.2 Å². The number of nitrogens with zero attached hydrogens (tertiary/aromatic N) is 1. The predicted molar refractivity (Wildman–Crippen MR) is 73.9 cm³/mol. The Morgan fingerprint density at radius 2 is 1.74 bits per heavy atom. The maximum Gasteiger partial charge on any atom is 0.418 e. The van der Waals surface area contributed by atoms with Gasteiger partial charge in [-0.15, -0.1) is 0 Å². The van der Waals surface area contributed by atoms with E-state index in [0.29, 0.717) is 4.34 Å². The average molecular weight is 365 g/mol. The SMILES string of the molecule is FC(F)(F)c1cc(Cl)ccc1N=c1ssc(Cl)c1Cl. The fourth-order valence-electron chi connectivity index (χ4n) is 1.24. The summed E-state index contributed by atoms with van der Waals surface area (Å²) in [5, 5.41) is 0.143. The molecule has 1 nitrogen and oxygen atoms in total. The molecule has 0 amide bonds. The van der Waals surface area contributed by atoms with E-state index in [9.17, 15) is 13.2 Å². The minimum absolute atomic E-state index is 0.00982. The molecule has 0 fully saturated rings. The van der Waals surface area contributed by atoms with E-state index in [1.165, 1.54) is 12.1 Å². The first-order chi connectivity index (χ1) is 8.79. The number of benzene rings is 1. The number of rotatable bonds is 1. The second kappa shape index (κ2) is 5.61. The Morgan fingerprint density at radius 1 is 1.05 bits per heavy atom. The summed E-state index contributed by atoms with van der Waals surface area (Å²) in [6.07, 6.45) is -4.54. The van der Waals surface area contributed by atoms with Gasteiger partial charge in [0.1, 0.15) is 14.0 Å². The predicted octanol–water partition coefficient (Wildman–Crippen LogP) is 6.02. The third-order valence-electron chi connectivity index (χ3n) is 2.04. The molecule has 0 aliphatic heterocycles. The maximum atomic E-state index is 12.9. The van der Waals surface area contributed by atoms with Crippen LogP contribution in [0.25, 0.3) is 0 Å². The Morgan fingerprint density at radius 3 is 2.26 bits per heavy atom. The number of alkyl halides is 3. The molecule has 0 radical (unpaired) electrons. The third kappa shape index (κ3) is 3.44. The molecule has 0 aliphatic rings. The summed E-state index contributed by atoms with van der Waals surface area (Å²) in [7, 11) is 2.25. The summed E-state index contributed by atoms with van der Waals surface area (Å²) < 4.78 is 39.1. The highest BCUT2D eigenvalue weighted by molar-refractivity contribution is 7.69. The summed E-state index contributed by atoms with van der Waals surface area (Å²) in [6.45, 7) is 0. The first kappa shape index (κ1) is 15.1. The van der Waals surface area contributed by atoms with Gasteiger partial charge in [0.15, 0.2) is 0 Å². The fourth-order valence-corrected chi connectivity index (χ4v) is 4.16. The van der Waals surface area contributed by atoms with Crippen LogP contribution in [0, 0.1) is 0 Å². The van der Waals surface area contributed by atoms with E-state index in [1.807, 2.05) is 0 Å². The summed E-state index contributed by atoms with van der Waals surface area (Å²) in [5.74, 6) is 0. The van der Waals surface area contributed by atoms with Gasteiger partial charge in [0.25, 0.3) is 0 Å². The molecule has 102 valence electrons. The molecule has 9 heteroatoms. The standard InChI is InChI=1S/C10H3Cl3F3NS2/c11-4-1-2-6(5(3-4)10(14,15)16)17-9-7(12)8(13)18-19-9/h1-3H. The van der Waals surface area contributed by atoms with Crippen LogP contribution in [0.3, 0.4) is 0 Å². The molecule has 1 aromatic carbocycles. The van der Waals surface area contributed by atoms with Crippen molar-refractivity contribution in [3.63, 3.8) is 0 Å². The van der Waals surface area contributed by atoms with Crippen LogP contribution in [0.5, 0.6) is 0 Å². The van der Waals surface area contributed by atoms with Crippen molar-refractivity contribution in [2.75, 3.05) is 0 Å². The Labute approximate surface area is 128 Å². The number of halogens is 6. The highest BCUT2D eigenvalue weighted by atomic mass is 35.5. The summed E-state index contributed by atoms with van der Waals surface area (Å²) in [4.78, 5) is 3.90. The lowest BCUT2D eigenvalue weighted by molar-refractivity contribution is -0.137. The molecule has 1 aromatic heterocycles. The zero-order valence-electron chi connectivity index (χ0n) is 8.76. The highest BCUT2D eigenvalue weighted by Gasteiger charge is 2.33. The zero-order chi connectivity index (χ0) is 14.2. The third-order valence-corrected chi connectivity index (χ3v) is 5.77. The molecule has 0 bridgehead atoms. The molecule has 1 heterocycles. The Balaban J connectivity index is 2.64. The quantitative estimate of drug-likeness (QED) is 0.549. The van der Waals surface area contributed by atoms with Crippen LogP contribution in [0.2, 0.25) is 14.4 Å². The lowest BCUT2D eigenvalue weighted by Gasteiger charge is -2.09. The van der Waals surface area contributed by atoms with Gasteiger partial charge in [-0.25, -0.2) is 4.99 Å². The molecule has 2 rings (SSSR count).